The zero-order chi connectivity index (χ0) is 11.5. The normalized spacial score (nSPS) is 10.3. The number of nitrogen functional groups attached to an aromatic ring is 1. The molecule has 0 radical (unpaired) electrons. The van der Waals surface area contributed by atoms with Gasteiger partial charge in [0.1, 0.15) is 11.4 Å². The largest absolute Gasteiger partial charge is 0.462 e. The lowest BCUT2D eigenvalue weighted by atomic mass is 10.3. The Morgan fingerprint density at radius 1 is 1.69 bits per heavy atom. The Hall–Kier alpha value is -1.89. The van der Waals surface area contributed by atoms with E-state index in [1.54, 1.807) is 18.5 Å². The van der Waals surface area contributed by atoms with Gasteiger partial charge in [0.2, 0.25) is 5.13 Å². The van der Waals surface area contributed by atoms with Crippen LogP contribution in [0.5, 0.6) is 0 Å². The molecule has 0 aliphatic carbocycles. The third-order valence-corrected chi connectivity index (χ3v) is 2.65. The van der Waals surface area contributed by atoms with Crippen molar-refractivity contribution in [3.63, 3.8) is 0 Å². The monoisotopic (exact) mass is 238 g/mol. The Morgan fingerprint density at radius 2 is 2.50 bits per heavy atom. The van der Waals surface area contributed by atoms with Gasteiger partial charge in [-0.15, -0.1) is 11.3 Å². The van der Waals surface area contributed by atoms with Crippen molar-refractivity contribution in [3.8, 4) is 5.13 Å². The molecule has 2 aromatic heterocycles. The smallest absolute Gasteiger partial charge is 0.343 e. The number of carbonyl (C=O) groups is 1. The van der Waals surface area contributed by atoms with Gasteiger partial charge < -0.3 is 10.5 Å². The second-order valence-corrected chi connectivity index (χ2v) is 3.76. The van der Waals surface area contributed by atoms with Gasteiger partial charge in [-0.25, -0.2) is 9.78 Å². The molecule has 84 valence electrons. The molecular formula is C9H10N4O2S. The standard InChI is InChI=1S/C9H10N4O2S/c1-2-15-8(14)6-5-12-13(7(6)10)9-11-3-4-16-9/h3-5H,2,10H2,1H3. The topological polar surface area (TPSA) is 83.0 Å². The summed E-state index contributed by atoms with van der Waals surface area (Å²) < 4.78 is 6.26. The zero-order valence-corrected chi connectivity index (χ0v) is 9.40. The highest BCUT2D eigenvalue weighted by atomic mass is 32.1. The summed E-state index contributed by atoms with van der Waals surface area (Å²) in [6.45, 7) is 2.04. The third-order valence-electron chi connectivity index (χ3n) is 1.90. The van der Waals surface area contributed by atoms with E-state index in [9.17, 15) is 4.79 Å². The van der Waals surface area contributed by atoms with Crippen LogP contribution in [-0.4, -0.2) is 27.3 Å². The molecule has 0 spiro atoms. The fraction of sp³-hybridized carbons (Fsp3) is 0.222. The van der Waals surface area contributed by atoms with Crippen molar-refractivity contribution in [1.29, 1.82) is 0 Å². The van der Waals surface area contributed by atoms with E-state index >= 15 is 0 Å². The average molecular weight is 238 g/mol. The molecular weight excluding hydrogens is 228 g/mol. The summed E-state index contributed by atoms with van der Waals surface area (Å²) in [5.74, 6) is -0.226. The molecule has 2 heterocycles. The first-order chi connectivity index (χ1) is 7.74. The van der Waals surface area contributed by atoms with E-state index in [4.69, 9.17) is 10.5 Å². The number of carbonyl (C=O) groups excluding carboxylic acids is 1. The molecule has 0 aromatic carbocycles. The number of aromatic nitrogens is 3. The Labute approximate surface area is 95.7 Å². The van der Waals surface area contributed by atoms with Crippen LogP contribution in [0.25, 0.3) is 5.13 Å². The lowest BCUT2D eigenvalue weighted by molar-refractivity contribution is 0.0527. The second-order valence-electron chi connectivity index (χ2n) is 2.89. The van der Waals surface area contributed by atoms with Crippen molar-refractivity contribution in [2.24, 2.45) is 0 Å². The van der Waals surface area contributed by atoms with Crippen LogP contribution in [0.4, 0.5) is 5.82 Å². The van der Waals surface area contributed by atoms with Crippen molar-refractivity contribution in [3.05, 3.63) is 23.3 Å². The van der Waals surface area contributed by atoms with Gasteiger partial charge in [0.25, 0.3) is 0 Å². The molecule has 6 nitrogen and oxygen atoms in total. The first kappa shape index (κ1) is 10.6. The molecule has 7 heteroatoms. The number of esters is 1. The fourth-order valence-corrected chi connectivity index (χ4v) is 1.81. The van der Waals surface area contributed by atoms with Crippen LogP contribution in [0.15, 0.2) is 17.8 Å². The van der Waals surface area contributed by atoms with E-state index in [1.807, 2.05) is 0 Å². The van der Waals surface area contributed by atoms with Crippen molar-refractivity contribution in [1.82, 2.24) is 14.8 Å². The van der Waals surface area contributed by atoms with E-state index < -0.39 is 5.97 Å². The lowest BCUT2D eigenvalue weighted by Gasteiger charge is -2.01. The number of anilines is 1. The summed E-state index contributed by atoms with van der Waals surface area (Å²) in [6.07, 6.45) is 3.03. The molecule has 2 N–H and O–H groups in total. The second kappa shape index (κ2) is 4.31. The van der Waals surface area contributed by atoms with Gasteiger partial charge in [0.05, 0.1) is 12.8 Å². The number of rotatable bonds is 3. The van der Waals surface area contributed by atoms with Gasteiger partial charge in [0, 0.05) is 11.6 Å². The van der Waals surface area contributed by atoms with E-state index in [-0.39, 0.29) is 11.4 Å². The minimum Gasteiger partial charge on any atom is -0.462 e. The maximum Gasteiger partial charge on any atom is 0.343 e. The molecule has 0 aliphatic rings. The van der Waals surface area contributed by atoms with Crippen LogP contribution in [0.2, 0.25) is 0 Å². The van der Waals surface area contributed by atoms with Crippen LogP contribution in [-0.2, 0) is 4.74 Å². The Balaban J connectivity index is 2.35. The van der Waals surface area contributed by atoms with Crippen LogP contribution >= 0.6 is 11.3 Å². The lowest BCUT2D eigenvalue weighted by Crippen LogP contribution is -2.08. The van der Waals surface area contributed by atoms with E-state index in [0.717, 1.165) is 0 Å². The number of thiazole rings is 1. The van der Waals surface area contributed by atoms with Gasteiger partial charge in [-0.1, -0.05) is 0 Å². The molecule has 0 atom stereocenters. The number of ether oxygens (including phenoxy) is 1. The van der Waals surface area contributed by atoms with E-state index in [0.29, 0.717) is 11.7 Å². The maximum atomic E-state index is 11.5. The Kier molecular flexibility index (Phi) is 2.86. The minimum absolute atomic E-state index is 0.244. The summed E-state index contributed by atoms with van der Waals surface area (Å²) in [5, 5.41) is 6.42. The number of hydrogen-bond donors (Lipinski definition) is 1. The zero-order valence-electron chi connectivity index (χ0n) is 8.58. The molecule has 0 aliphatic heterocycles. The summed E-state index contributed by atoms with van der Waals surface area (Å²) >= 11 is 1.39. The average Bonchev–Trinajstić information content (AvgIpc) is 2.86. The van der Waals surface area contributed by atoms with E-state index in [2.05, 4.69) is 10.1 Å². The van der Waals surface area contributed by atoms with Gasteiger partial charge in [-0.2, -0.15) is 9.78 Å². The molecule has 0 saturated heterocycles. The molecule has 2 rings (SSSR count). The molecule has 2 aromatic rings. The van der Waals surface area contributed by atoms with Crippen LogP contribution in [0, 0.1) is 0 Å². The first-order valence-corrected chi connectivity index (χ1v) is 5.52. The van der Waals surface area contributed by atoms with Gasteiger partial charge >= 0.3 is 5.97 Å². The Morgan fingerprint density at radius 3 is 3.12 bits per heavy atom. The first-order valence-electron chi connectivity index (χ1n) is 4.64. The highest BCUT2D eigenvalue weighted by Gasteiger charge is 2.17. The van der Waals surface area contributed by atoms with Gasteiger partial charge in [0.15, 0.2) is 0 Å². The highest BCUT2D eigenvalue weighted by molar-refractivity contribution is 7.12. The minimum atomic E-state index is -0.470. The highest BCUT2D eigenvalue weighted by Crippen LogP contribution is 2.19. The van der Waals surface area contributed by atoms with Crippen molar-refractivity contribution >= 4 is 23.1 Å². The van der Waals surface area contributed by atoms with Gasteiger partial charge in [-0.3, -0.25) is 0 Å². The molecule has 0 saturated carbocycles. The molecule has 0 fully saturated rings. The number of nitrogens with zero attached hydrogens (tertiary/aromatic N) is 3. The van der Waals surface area contributed by atoms with E-state index in [1.165, 1.54) is 22.2 Å². The molecule has 0 unspecified atom stereocenters. The maximum absolute atomic E-state index is 11.5. The van der Waals surface area contributed by atoms with Crippen LogP contribution in [0.1, 0.15) is 17.3 Å². The van der Waals surface area contributed by atoms with Crippen LogP contribution in [0.3, 0.4) is 0 Å². The summed E-state index contributed by atoms with van der Waals surface area (Å²) in [7, 11) is 0. The van der Waals surface area contributed by atoms with Crippen molar-refractivity contribution in [2.45, 2.75) is 6.92 Å². The predicted octanol–water partition coefficient (Wildman–Crippen LogP) is 1.09. The third kappa shape index (κ3) is 1.76. The summed E-state index contributed by atoms with van der Waals surface area (Å²) in [4.78, 5) is 15.5. The van der Waals surface area contributed by atoms with Crippen molar-refractivity contribution < 1.29 is 9.53 Å². The number of hydrogen-bond acceptors (Lipinski definition) is 6. The Bertz CT molecular complexity index is 492. The fourth-order valence-electron chi connectivity index (χ4n) is 1.20. The molecule has 16 heavy (non-hydrogen) atoms. The molecule has 0 amide bonds. The SMILES string of the molecule is CCOC(=O)c1cnn(-c2nccs2)c1N. The molecule has 0 bridgehead atoms. The summed E-state index contributed by atoms with van der Waals surface area (Å²) in [5.41, 5.74) is 6.05. The quantitative estimate of drug-likeness (QED) is 0.809. The van der Waals surface area contributed by atoms with Crippen molar-refractivity contribution in [2.75, 3.05) is 12.3 Å². The summed E-state index contributed by atoms with van der Waals surface area (Å²) in [6, 6.07) is 0. The number of nitrogens with two attached hydrogens (primary N) is 1. The predicted molar refractivity (Wildman–Crippen MR) is 59.6 cm³/mol. The van der Waals surface area contributed by atoms with Crippen LogP contribution < -0.4 is 5.73 Å². The van der Waals surface area contributed by atoms with Gasteiger partial charge in [-0.05, 0) is 6.92 Å².